The van der Waals surface area contributed by atoms with E-state index in [4.69, 9.17) is 4.74 Å². The lowest BCUT2D eigenvalue weighted by atomic mass is 10.1. The van der Waals surface area contributed by atoms with E-state index in [-0.39, 0.29) is 18.2 Å². The van der Waals surface area contributed by atoms with Crippen molar-refractivity contribution in [1.82, 2.24) is 4.31 Å². The predicted octanol–water partition coefficient (Wildman–Crippen LogP) is 3.15. The zero-order valence-corrected chi connectivity index (χ0v) is 15.6. The first-order valence-corrected chi connectivity index (χ1v) is 9.11. The van der Waals surface area contributed by atoms with Gasteiger partial charge in [0.25, 0.3) is 0 Å². The molecule has 1 aromatic rings. The number of ether oxygens (including phenoxy) is 1. The average Bonchev–Trinajstić information content (AvgIpc) is 2.33. The molecule has 0 aromatic heterocycles. The predicted molar refractivity (Wildman–Crippen MR) is 90.9 cm³/mol. The van der Waals surface area contributed by atoms with Crippen LogP contribution >= 0.6 is 28.3 Å². The van der Waals surface area contributed by atoms with E-state index in [0.29, 0.717) is 25.6 Å². The number of halogens is 2. The molecule has 0 aliphatic carbocycles. The third-order valence-corrected chi connectivity index (χ3v) is 6.64. The van der Waals surface area contributed by atoms with Gasteiger partial charge in [-0.2, -0.15) is 0 Å². The highest BCUT2D eigenvalue weighted by molar-refractivity contribution is 9.10. The summed E-state index contributed by atoms with van der Waals surface area (Å²) >= 11 is 3.53. The molecule has 0 bridgehead atoms. The summed E-state index contributed by atoms with van der Waals surface area (Å²) < 4.78 is 31.6. The molecule has 2 rings (SSSR count). The van der Waals surface area contributed by atoms with Crippen LogP contribution < -0.4 is 4.74 Å². The van der Waals surface area contributed by atoms with Gasteiger partial charge in [-0.1, -0.05) is 15.9 Å². The fraction of sp³-hybridized carbons (Fsp3) is 0.571. The fourth-order valence-corrected chi connectivity index (χ4v) is 3.71. The highest BCUT2D eigenvalue weighted by atomic mass is 79.9. The van der Waals surface area contributed by atoms with Crippen LogP contribution in [0.1, 0.15) is 18.1 Å². The highest BCUT2D eigenvalue weighted by Gasteiger charge is 2.34. The third-order valence-electron chi connectivity index (χ3n) is 3.58. The van der Waals surface area contributed by atoms with Crippen molar-refractivity contribution in [2.45, 2.75) is 20.8 Å². The van der Waals surface area contributed by atoms with Crippen molar-refractivity contribution in [3.8, 4) is 5.75 Å². The summed E-state index contributed by atoms with van der Waals surface area (Å²) in [5, 5.41) is 0. The zero-order chi connectivity index (χ0) is 14.9. The molecule has 0 atom stereocenters. The summed E-state index contributed by atoms with van der Waals surface area (Å²) in [7, 11) is -3.02. The summed E-state index contributed by atoms with van der Waals surface area (Å²) in [6.45, 7) is 7.45. The summed E-state index contributed by atoms with van der Waals surface area (Å²) in [6, 6.07) is 3.99. The second kappa shape index (κ2) is 7.31. The van der Waals surface area contributed by atoms with E-state index in [1.807, 2.05) is 26.0 Å². The highest BCUT2D eigenvalue weighted by Crippen LogP contribution is 2.27. The first-order chi connectivity index (χ1) is 9.33. The molecule has 21 heavy (non-hydrogen) atoms. The van der Waals surface area contributed by atoms with Crippen molar-refractivity contribution < 1.29 is 13.2 Å². The molecule has 1 saturated heterocycles. The SMILES string of the molecule is CCS(=O)(=O)N1CC(COc2cc(C)c(Br)c(C)c2)C1.Cl. The number of sulfonamides is 1. The molecule has 0 N–H and O–H groups in total. The summed E-state index contributed by atoms with van der Waals surface area (Å²) in [5.41, 5.74) is 2.28. The Balaban J connectivity index is 0.00000220. The Bertz CT molecular complexity index is 577. The lowest BCUT2D eigenvalue weighted by Gasteiger charge is -2.37. The van der Waals surface area contributed by atoms with Gasteiger partial charge in [0.2, 0.25) is 10.0 Å². The van der Waals surface area contributed by atoms with Crippen LogP contribution in [0.5, 0.6) is 5.75 Å². The number of rotatable bonds is 5. The second-order valence-corrected chi connectivity index (χ2v) is 8.32. The van der Waals surface area contributed by atoms with Gasteiger partial charge in [-0.15, -0.1) is 12.4 Å². The maximum atomic E-state index is 11.6. The van der Waals surface area contributed by atoms with Gasteiger partial charge < -0.3 is 4.74 Å². The second-order valence-electron chi connectivity index (χ2n) is 5.27. The van der Waals surface area contributed by atoms with Crippen LogP contribution in [0.25, 0.3) is 0 Å². The van der Waals surface area contributed by atoms with Crippen LogP contribution in [0.15, 0.2) is 16.6 Å². The Morgan fingerprint density at radius 2 is 1.81 bits per heavy atom. The van der Waals surface area contributed by atoms with Gasteiger partial charge >= 0.3 is 0 Å². The molecule has 1 aromatic carbocycles. The van der Waals surface area contributed by atoms with Gasteiger partial charge in [-0.3, -0.25) is 0 Å². The maximum absolute atomic E-state index is 11.6. The van der Waals surface area contributed by atoms with Crippen LogP contribution in [0, 0.1) is 19.8 Å². The average molecular weight is 399 g/mol. The lowest BCUT2D eigenvalue weighted by Crippen LogP contribution is -2.52. The number of benzene rings is 1. The van der Waals surface area contributed by atoms with Crippen LogP contribution in [0.3, 0.4) is 0 Å². The number of hydrogen-bond acceptors (Lipinski definition) is 3. The van der Waals surface area contributed by atoms with E-state index in [9.17, 15) is 8.42 Å². The molecular formula is C14H21BrClNO3S. The largest absolute Gasteiger partial charge is 0.493 e. The zero-order valence-electron chi connectivity index (χ0n) is 12.4. The van der Waals surface area contributed by atoms with Gasteiger partial charge in [0.05, 0.1) is 12.4 Å². The van der Waals surface area contributed by atoms with Crippen LogP contribution in [-0.4, -0.2) is 38.2 Å². The van der Waals surface area contributed by atoms with Gasteiger partial charge in [0.15, 0.2) is 0 Å². The minimum Gasteiger partial charge on any atom is -0.493 e. The molecule has 1 aliphatic heterocycles. The number of nitrogens with zero attached hydrogens (tertiary/aromatic N) is 1. The van der Waals surface area contributed by atoms with E-state index >= 15 is 0 Å². The van der Waals surface area contributed by atoms with E-state index in [1.54, 1.807) is 6.92 Å². The van der Waals surface area contributed by atoms with Crippen molar-refractivity contribution in [2.75, 3.05) is 25.4 Å². The van der Waals surface area contributed by atoms with Crippen molar-refractivity contribution in [3.63, 3.8) is 0 Å². The quantitative estimate of drug-likeness (QED) is 0.765. The summed E-state index contributed by atoms with van der Waals surface area (Å²) in [4.78, 5) is 0. The standard InChI is InChI=1S/C14H20BrNO3S.ClH/c1-4-20(17,18)16-7-12(8-16)9-19-13-5-10(2)14(15)11(3)6-13;/h5-6,12H,4,7-9H2,1-3H3;1H. The Morgan fingerprint density at radius 1 is 1.29 bits per heavy atom. The molecule has 0 amide bonds. The van der Waals surface area contributed by atoms with Crippen molar-refractivity contribution in [3.05, 3.63) is 27.7 Å². The van der Waals surface area contributed by atoms with Gasteiger partial charge in [-0.25, -0.2) is 12.7 Å². The van der Waals surface area contributed by atoms with E-state index in [2.05, 4.69) is 15.9 Å². The monoisotopic (exact) mass is 397 g/mol. The van der Waals surface area contributed by atoms with E-state index < -0.39 is 10.0 Å². The van der Waals surface area contributed by atoms with E-state index in [0.717, 1.165) is 21.3 Å². The van der Waals surface area contributed by atoms with Crippen molar-refractivity contribution in [2.24, 2.45) is 5.92 Å². The van der Waals surface area contributed by atoms with Gasteiger partial charge in [0.1, 0.15) is 5.75 Å². The number of aryl methyl sites for hydroxylation is 2. The molecule has 4 nitrogen and oxygen atoms in total. The minimum atomic E-state index is -3.02. The topological polar surface area (TPSA) is 46.6 Å². The summed E-state index contributed by atoms with van der Waals surface area (Å²) in [5.74, 6) is 1.31. The molecule has 1 fully saturated rings. The molecule has 0 saturated carbocycles. The Morgan fingerprint density at radius 3 is 2.29 bits per heavy atom. The Hall–Kier alpha value is -0.300. The Labute approximate surface area is 141 Å². The van der Waals surface area contributed by atoms with Crippen molar-refractivity contribution in [1.29, 1.82) is 0 Å². The first kappa shape index (κ1) is 18.7. The number of hydrogen-bond donors (Lipinski definition) is 0. The smallest absolute Gasteiger partial charge is 0.213 e. The normalized spacial score (nSPS) is 16.2. The molecule has 1 heterocycles. The van der Waals surface area contributed by atoms with Crippen LogP contribution in [0.2, 0.25) is 0 Å². The Kier molecular flexibility index (Phi) is 6.53. The van der Waals surface area contributed by atoms with Crippen LogP contribution in [0.4, 0.5) is 0 Å². The molecule has 7 heteroatoms. The molecular weight excluding hydrogens is 378 g/mol. The van der Waals surface area contributed by atoms with E-state index in [1.165, 1.54) is 4.31 Å². The molecule has 0 radical (unpaired) electrons. The fourth-order valence-electron chi connectivity index (χ4n) is 2.24. The minimum absolute atomic E-state index is 0. The molecule has 0 unspecified atom stereocenters. The van der Waals surface area contributed by atoms with Gasteiger partial charge in [0, 0.05) is 23.5 Å². The van der Waals surface area contributed by atoms with Gasteiger partial charge in [-0.05, 0) is 44.0 Å². The first-order valence-electron chi connectivity index (χ1n) is 6.71. The molecule has 1 aliphatic rings. The molecule has 0 spiro atoms. The van der Waals surface area contributed by atoms with Crippen molar-refractivity contribution >= 4 is 38.4 Å². The summed E-state index contributed by atoms with van der Waals surface area (Å²) in [6.07, 6.45) is 0. The maximum Gasteiger partial charge on any atom is 0.213 e. The lowest BCUT2D eigenvalue weighted by molar-refractivity contribution is 0.130. The molecule has 120 valence electrons. The van der Waals surface area contributed by atoms with Crippen LogP contribution in [-0.2, 0) is 10.0 Å². The third kappa shape index (κ3) is 4.34.